The number of hydrogen-bond donors (Lipinski definition) is 3. The molecule has 3 rings (SSSR count). The van der Waals surface area contributed by atoms with Gasteiger partial charge in [0.25, 0.3) is 0 Å². The maximum atomic E-state index is 14.3. The number of nitrogens with one attached hydrogen (secondary N) is 3. The lowest BCUT2D eigenvalue weighted by atomic mass is 9.89. The molecule has 1 saturated heterocycles. The van der Waals surface area contributed by atoms with E-state index in [1.807, 2.05) is 84.9 Å². The van der Waals surface area contributed by atoms with Gasteiger partial charge in [-0.25, -0.2) is 4.79 Å². The first-order valence-corrected chi connectivity index (χ1v) is 23.2. The number of carbonyl (C=O) groups excluding carboxylic acids is 5. The first-order valence-electron chi connectivity index (χ1n) is 23.2. The molecule has 1 aliphatic heterocycles. The van der Waals surface area contributed by atoms with Crippen molar-refractivity contribution in [2.75, 3.05) is 33.9 Å². The smallest absolute Gasteiger partial charge is 0.407 e. The molecule has 1 aliphatic rings. The van der Waals surface area contributed by atoms with Crippen LogP contribution >= 0.6 is 0 Å². The number of benzene rings is 2. The maximum Gasteiger partial charge on any atom is 0.407 e. The largest absolute Gasteiger partial charge is 0.496 e. The summed E-state index contributed by atoms with van der Waals surface area (Å²) >= 11 is 0. The molecule has 0 radical (unpaired) electrons. The molecule has 350 valence electrons. The lowest BCUT2D eigenvalue weighted by Crippen LogP contribution is -2.53. The van der Waals surface area contributed by atoms with Gasteiger partial charge in [-0.05, 0) is 126 Å². The second kappa shape index (κ2) is 26.0. The Morgan fingerprint density at radius 2 is 1.51 bits per heavy atom. The molecule has 2 aromatic rings. The molecule has 0 saturated carbocycles. The molecule has 12 heteroatoms. The molecule has 3 N–H and O–H groups in total. The Morgan fingerprint density at radius 1 is 0.841 bits per heavy atom. The highest BCUT2D eigenvalue weighted by molar-refractivity contribution is 5.95. The van der Waals surface area contributed by atoms with Gasteiger partial charge in [0.1, 0.15) is 17.5 Å². The third kappa shape index (κ3) is 16.0. The van der Waals surface area contributed by atoms with Crippen molar-refractivity contribution in [1.29, 1.82) is 0 Å². The van der Waals surface area contributed by atoms with E-state index in [1.54, 1.807) is 19.1 Å². The average molecular weight is 875 g/mol. The zero-order valence-corrected chi connectivity index (χ0v) is 40.4. The summed E-state index contributed by atoms with van der Waals surface area (Å²) in [4.78, 5) is 70.0. The van der Waals surface area contributed by atoms with E-state index >= 15 is 0 Å². The molecular weight excluding hydrogens is 797 g/mol. The summed E-state index contributed by atoms with van der Waals surface area (Å²) in [6.45, 7) is 20.9. The number of hydrogen-bond acceptors (Lipinski definition) is 8. The SMILES string of the molecule is COc1c(C)c(C)c(OC)c(CCCOC(=O)NCCC[C@H](CC(=O)[C@@H](NC(=O)[C@@H]2CCCN2C(=O)[C@H](/C=C/[C@@H](C)CC(C)C)Cc2ccccc2)C(C)C)C(=O)NC(C)C)c1C. The first kappa shape index (κ1) is 52.5. The minimum atomic E-state index is -0.844. The predicted molar refractivity (Wildman–Crippen MR) is 250 cm³/mol. The molecule has 12 nitrogen and oxygen atoms in total. The maximum absolute atomic E-state index is 14.3. The molecule has 0 spiro atoms. The summed E-state index contributed by atoms with van der Waals surface area (Å²) in [6, 6.07) is 8.25. The number of likely N-dealkylation sites (tertiary alicyclic amines) is 1. The Kier molecular flexibility index (Phi) is 21.7. The Balaban J connectivity index is 1.61. The number of methoxy groups -OCH3 is 2. The second-order valence-electron chi connectivity index (χ2n) is 18.5. The van der Waals surface area contributed by atoms with E-state index in [-0.39, 0.29) is 55.0 Å². The van der Waals surface area contributed by atoms with Crippen molar-refractivity contribution < 1.29 is 38.2 Å². The first-order chi connectivity index (χ1) is 29.9. The highest BCUT2D eigenvalue weighted by Gasteiger charge is 2.39. The minimum absolute atomic E-state index is 0.0793. The molecule has 5 atom stereocenters. The van der Waals surface area contributed by atoms with Gasteiger partial charge in [-0.2, -0.15) is 0 Å². The van der Waals surface area contributed by atoms with Gasteiger partial charge >= 0.3 is 6.09 Å². The number of carbonyl (C=O) groups is 5. The molecule has 0 unspecified atom stereocenters. The van der Waals surface area contributed by atoms with E-state index < -0.39 is 30.0 Å². The molecule has 63 heavy (non-hydrogen) atoms. The second-order valence-corrected chi connectivity index (χ2v) is 18.5. The van der Waals surface area contributed by atoms with Crippen LogP contribution in [0.4, 0.5) is 4.79 Å². The van der Waals surface area contributed by atoms with E-state index in [1.165, 1.54) is 0 Å². The zero-order chi connectivity index (χ0) is 46.8. The van der Waals surface area contributed by atoms with E-state index in [0.717, 1.165) is 45.7 Å². The van der Waals surface area contributed by atoms with Gasteiger partial charge in [-0.3, -0.25) is 19.2 Å². The monoisotopic (exact) mass is 875 g/mol. The number of ketones is 1. The molecule has 0 aliphatic carbocycles. The standard InChI is InChI=1S/C51H78N4O8/c1-32(2)29-35(7)24-25-41(30-39-19-14-13-15-20-39)50(59)55-27-17-23-43(55)49(58)54-45(33(3)4)44(56)31-40(48(57)53-34(5)6)21-16-26-52-51(60)63-28-18-22-42-38(10)46(61-11)36(8)37(9)47(42)62-12/h13-15,19-20,24-25,32-35,40-41,43,45H,16-18,21-23,26-31H2,1-12H3,(H,52,60)(H,53,57)(H,54,58)/b25-24+/t35-,40-,41-,43+,45+/m1/s1. The van der Waals surface area contributed by atoms with Gasteiger partial charge in [0.05, 0.1) is 32.8 Å². The molecule has 1 heterocycles. The van der Waals surface area contributed by atoms with Crippen LogP contribution < -0.4 is 25.4 Å². The number of rotatable bonds is 25. The Labute approximate surface area is 378 Å². The number of nitrogens with zero attached hydrogens (tertiary/aromatic N) is 1. The number of ether oxygens (including phenoxy) is 3. The third-order valence-corrected chi connectivity index (χ3v) is 12.1. The van der Waals surface area contributed by atoms with Crippen LogP contribution in [0, 0.1) is 50.4 Å². The van der Waals surface area contributed by atoms with Crippen molar-refractivity contribution >= 4 is 29.6 Å². The van der Waals surface area contributed by atoms with Crippen molar-refractivity contribution in [3.05, 3.63) is 70.3 Å². The average Bonchev–Trinajstić information content (AvgIpc) is 3.73. The fourth-order valence-electron chi connectivity index (χ4n) is 8.78. The van der Waals surface area contributed by atoms with Crippen molar-refractivity contribution in [2.45, 2.75) is 145 Å². The predicted octanol–water partition coefficient (Wildman–Crippen LogP) is 8.40. The molecule has 2 aromatic carbocycles. The summed E-state index contributed by atoms with van der Waals surface area (Å²) < 4.78 is 16.8. The molecule has 1 fully saturated rings. The number of Topliss-reactive ketones (excluding diaryl/α,β-unsaturated/α-hetero) is 1. The minimum Gasteiger partial charge on any atom is -0.496 e. The lowest BCUT2D eigenvalue weighted by molar-refractivity contribution is -0.141. The molecule has 4 amide bonds. The van der Waals surface area contributed by atoms with Crippen LogP contribution in [0.25, 0.3) is 0 Å². The highest BCUT2D eigenvalue weighted by Crippen LogP contribution is 2.38. The van der Waals surface area contributed by atoms with Crippen LogP contribution in [-0.2, 0) is 36.8 Å². The Hall–Kier alpha value is -4.87. The van der Waals surface area contributed by atoms with Crippen molar-refractivity contribution in [3.63, 3.8) is 0 Å². The van der Waals surface area contributed by atoms with Gasteiger partial charge in [0, 0.05) is 37.0 Å². The van der Waals surface area contributed by atoms with E-state index in [4.69, 9.17) is 14.2 Å². The van der Waals surface area contributed by atoms with Crippen LogP contribution in [0.3, 0.4) is 0 Å². The Morgan fingerprint density at radius 3 is 2.13 bits per heavy atom. The quantitative estimate of drug-likeness (QED) is 0.0665. The molecule has 0 bridgehead atoms. The van der Waals surface area contributed by atoms with Crippen LogP contribution in [0.15, 0.2) is 42.5 Å². The van der Waals surface area contributed by atoms with Gasteiger partial charge in [0.2, 0.25) is 17.7 Å². The molecule has 0 aromatic heterocycles. The van der Waals surface area contributed by atoms with Crippen molar-refractivity contribution in [3.8, 4) is 11.5 Å². The molecular formula is C51H78N4O8. The number of alkyl carbamates (subject to hydrolysis) is 1. The van der Waals surface area contributed by atoms with Crippen molar-refractivity contribution in [1.82, 2.24) is 20.9 Å². The number of allylic oxidation sites excluding steroid dienone is 1. The summed E-state index contributed by atoms with van der Waals surface area (Å²) in [6.07, 6.45) is 8.24. The van der Waals surface area contributed by atoms with E-state index in [0.29, 0.717) is 63.3 Å². The third-order valence-electron chi connectivity index (χ3n) is 12.1. The van der Waals surface area contributed by atoms with E-state index in [9.17, 15) is 24.0 Å². The lowest BCUT2D eigenvalue weighted by Gasteiger charge is -2.30. The zero-order valence-electron chi connectivity index (χ0n) is 40.4. The van der Waals surface area contributed by atoms with Gasteiger partial charge < -0.3 is 35.1 Å². The Bertz CT molecular complexity index is 1840. The number of amides is 4. The van der Waals surface area contributed by atoms with Gasteiger partial charge in [-0.1, -0.05) is 77.1 Å². The summed E-state index contributed by atoms with van der Waals surface area (Å²) in [5.41, 5.74) is 5.13. The summed E-state index contributed by atoms with van der Waals surface area (Å²) in [5, 5.41) is 8.72. The van der Waals surface area contributed by atoms with Crippen molar-refractivity contribution in [2.24, 2.45) is 29.6 Å². The summed E-state index contributed by atoms with van der Waals surface area (Å²) in [5.74, 6) is 0.192. The topological polar surface area (TPSA) is 152 Å². The van der Waals surface area contributed by atoms with Crippen LogP contribution in [0.5, 0.6) is 11.5 Å². The summed E-state index contributed by atoms with van der Waals surface area (Å²) in [7, 11) is 3.31. The van der Waals surface area contributed by atoms with Crippen LogP contribution in [0.1, 0.15) is 121 Å². The van der Waals surface area contributed by atoms with Gasteiger partial charge in [-0.15, -0.1) is 0 Å². The van der Waals surface area contributed by atoms with Crippen LogP contribution in [0.2, 0.25) is 0 Å². The fourth-order valence-corrected chi connectivity index (χ4v) is 8.78. The van der Waals surface area contributed by atoms with Gasteiger partial charge in [0.15, 0.2) is 5.78 Å². The fraction of sp³-hybridized carbons (Fsp3) is 0.627. The van der Waals surface area contributed by atoms with Crippen LogP contribution in [-0.4, -0.2) is 86.5 Å². The highest BCUT2D eigenvalue weighted by atomic mass is 16.5. The normalized spacial score (nSPS) is 15.9. The van der Waals surface area contributed by atoms with E-state index in [2.05, 4.69) is 42.8 Å².